The number of anilines is 1. The number of nitrogens with one attached hydrogen (secondary N) is 1. The fourth-order valence-electron chi connectivity index (χ4n) is 1.86. The molecule has 3 rings (SSSR count). The minimum absolute atomic E-state index is 0.275. The molecule has 0 saturated heterocycles. The van der Waals surface area contributed by atoms with Gasteiger partial charge in [-0.2, -0.15) is 5.26 Å². The maximum atomic E-state index is 12.3. The molecule has 0 saturated carbocycles. The molecular weight excluding hydrogens is 330 g/mol. The molecule has 2 aromatic heterocycles. The van der Waals surface area contributed by atoms with Gasteiger partial charge in [0.2, 0.25) is 0 Å². The zero-order valence-electron chi connectivity index (χ0n) is 11.9. The Morgan fingerprint density at radius 2 is 2.30 bits per heavy atom. The minimum Gasteiger partial charge on any atom is -0.487 e. The number of amides is 1. The predicted molar refractivity (Wildman–Crippen MR) is 89.9 cm³/mol. The third-order valence-electron chi connectivity index (χ3n) is 2.98. The van der Waals surface area contributed by atoms with E-state index in [4.69, 9.17) is 10.00 Å². The van der Waals surface area contributed by atoms with Crippen molar-refractivity contribution in [1.29, 1.82) is 5.26 Å². The van der Waals surface area contributed by atoms with E-state index >= 15 is 0 Å². The number of carbonyl (C=O) groups is 1. The van der Waals surface area contributed by atoms with Gasteiger partial charge >= 0.3 is 0 Å². The highest BCUT2D eigenvalue weighted by molar-refractivity contribution is 7.14. The van der Waals surface area contributed by atoms with E-state index in [1.54, 1.807) is 41.2 Å². The summed E-state index contributed by atoms with van der Waals surface area (Å²) in [4.78, 5) is 16.4. The minimum atomic E-state index is -0.275. The zero-order valence-corrected chi connectivity index (χ0v) is 13.5. The van der Waals surface area contributed by atoms with Gasteiger partial charge in [-0.25, -0.2) is 4.98 Å². The molecule has 0 aliphatic rings. The van der Waals surface area contributed by atoms with Gasteiger partial charge in [0.15, 0.2) is 0 Å². The van der Waals surface area contributed by atoms with E-state index in [9.17, 15) is 4.79 Å². The van der Waals surface area contributed by atoms with Crippen molar-refractivity contribution in [3.63, 3.8) is 0 Å². The summed E-state index contributed by atoms with van der Waals surface area (Å²) in [5, 5.41) is 15.9. The number of carbonyl (C=O) groups excluding carboxylic acids is 1. The average molecular weight is 341 g/mol. The quantitative estimate of drug-likeness (QED) is 0.763. The Balaban J connectivity index is 1.69. The summed E-state index contributed by atoms with van der Waals surface area (Å²) in [5.74, 6) is 0.320. The molecular formula is C16H11N3O2S2. The van der Waals surface area contributed by atoms with Gasteiger partial charge in [0, 0.05) is 10.9 Å². The molecule has 23 heavy (non-hydrogen) atoms. The van der Waals surface area contributed by atoms with E-state index < -0.39 is 0 Å². The van der Waals surface area contributed by atoms with Crippen LogP contribution < -0.4 is 10.1 Å². The molecule has 0 fully saturated rings. The molecule has 0 radical (unpaired) electrons. The summed E-state index contributed by atoms with van der Waals surface area (Å²) in [5.41, 5.74) is 3.52. The van der Waals surface area contributed by atoms with Crippen LogP contribution in [0, 0.1) is 11.3 Å². The second kappa shape index (κ2) is 7.05. The van der Waals surface area contributed by atoms with Gasteiger partial charge in [-0.05, 0) is 29.6 Å². The monoisotopic (exact) mass is 341 g/mol. The summed E-state index contributed by atoms with van der Waals surface area (Å²) in [6, 6.07) is 10.6. The SMILES string of the molecule is N#Cc1ccsc1NC(=O)c1cccc(OCc2cscn2)c1. The Bertz CT molecular complexity index is 850. The Morgan fingerprint density at radius 1 is 1.39 bits per heavy atom. The molecule has 114 valence electrons. The fraction of sp³-hybridized carbons (Fsp3) is 0.0625. The van der Waals surface area contributed by atoms with Crippen LogP contribution in [-0.4, -0.2) is 10.9 Å². The van der Waals surface area contributed by atoms with E-state index in [-0.39, 0.29) is 5.91 Å². The lowest BCUT2D eigenvalue weighted by atomic mass is 10.2. The molecule has 3 aromatic rings. The number of thiophene rings is 1. The highest BCUT2D eigenvalue weighted by atomic mass is 32.1. The van der Waals surface area contributed by atoms with Crippen molar-refractivity contribution in [1.82, 2.24) is 4.98 Å². The van der Waals surface area contributed by atoms with Gasteiger partial charge in [0.05, 0.1) is 16.8 Å². The standard InChI is InChI=1S/C16H11N3O2S2/c17-7-12-4-5-23-16(12)19-15(20)11-2-1-3-14(6-11)21-8-13-9-22-10-18-13/h1-6,9-10H,8H2,(H,19,20). The lowest BCUT2D eigenvalue weighted by Crippen LogP contribution is -2.11. The third-order valence-corrected chi connectivity index (χ3v) is 4.44. The van der Waals surface area contributed by atoms with Crippen molar-refractivity contribution in [2.75, 3.05) is 5.32 Å². The van der Waals surface area contributed by atoms with E-state index in [0.717, 1.165) is 5.69 Å². The van der Waals surface area contributed by atoms with Crippen molar-refractivity contribution in [2.45, 2.75) is 6.61 Å². The Morgan fingerprint density at radius 3 is 3.09 bits per heavy atom. The molecule has 0 spiro atoms. The van der Waals surface area contributed by atoms with Gasteiger partial charge in [0.25, 0.3) is 5.91 Å². The molecule has 0 atom stereocenters. The fourth-order valence-corrected chi connectivity index (χ4v) is 3.14. The first kappa shape index (κ1) is 15.2. The van der Waals surface area contributed by atoms with Gasteiger partial charge < -0.3 is 10.1 Å². The molecule has 7 heteroatoms. The topological polar surface area (TPSA) is 75.0 Å². The van der Waals surface area contributed by atoms with E-state index in [1.165, 1.54) is 22.7 Å². The van der Waals surface area contributed by atoms with Crippen molar-refractivity contribution in [2.24, 2.45) is 0 Å². The number of ether oxygens (including phenoxy) is 1. The van der Waals surface area contributed by atoms with Crippen LogP contribution in [0.25, 0.3) is 0 Å². The number of rotatable bonds is 5. The first-order valence-electron chi connectivity index (χ1n) is 6.65. The first-order chi connectivity index (χ1) is 11.3. The van der Waals surface area contributed by atoms with Crippen molar-refractivity contribution >= 4 is 33.6 Å². The van der Waals surface area contributed by atoms with Crippen LogP contribution in [0.2, 0.25) is 0 Å². The number of thiazole rings is 1. The largest absolute Gasteiger partial charge is 0.487 e. The van der Waals surface area contributed by atoms with Crippen LogP contribution in [0.5, 0.6) is 5.75 Å². The van der Waals surface area contributed by atoms with Gasteiger partial charge in [0.1, 0.15) is 23.4 Å². The van der Waals surface area contributed by atoms with Crippen LogP contribution in [0.1, 0.15) is 21.6 Å². The maximum Gasteiger partial charge on any atom is 0.256 e. The second-order valence-corrected chi connectivity index (χ2v) is 6.16. The molecule has 2 heterocycles. The lowest BCUT2D eigenvalue weighted by molar-refractivity contribution is 0.102. The third kappa shape index (κ3) is 3.74. The summed E-state index contributed by atoms with van der Waals surface area (Å²) in [6.45, 7) is 0.359. The Hall–Kier alpha value is -2.69. The molecule has 0 bridgehead atoms. The predicted octanol–water partition coefficient (Wildman–Crippen LogP) is 3.91. The highest BCUT2D eigenvalue weighted by Crippen LogP contribution is 2.23. The summed E-state index contributed by atoms with van der Waals surface area (Å²) < 4.78 is 5.64. The zero-order chi connectivity index (χ0) is 16.1. The van der Waals surface area contributed by atoms with Crippen LogP contribution in [0.3, 0.4) is 0 Å². The van der Waals surface area contributed by atoms with Gasteiger partial charge in [-0.15, -0.1) is 22.7 Å². The van der Waals surface area contributed by atoms with Gasteiger partial charge in [-0.1, -0.05) is 6.07 Å². The number of aromatic nitrogens is 1. The van der Waals surface area contributed by atoms with Crippen molar-refractivity contribution in [3.05, 3.63) is 63.4 Å². The second-order valence-electron chi connectivity index (χ2n) is 4.53. The number of nitriles is 1. The molecule has 5 nitrogen and oxygen atoms in total. The lowest BCUT2D eigenvalue weighted by Gasteiger charge is -2.07. The van der Waals surface area contributed by atoms with Crippen LogP contribution >= 0.6 is 22.7 Å². The summed E-state index contributed by atoms with van der Waals surface area (Å²) in [7, 11) is 0. The summed E-state index contributed by atoms with van der Waals surface area (Å²) >= 11 is 2.82. The molecule has 1 N–H and O–H groups in total. The smallest absolute Gasteiger partial charge is 0.256 e. The van der Waals surface area contributed by atoms with Crippen LogP contribution in [0.15, 0.2) is 46.6 Å². The number of hydrogen-bond donors (Lipinski definition) is 1. The highest BCUT2D eigenvalue weighted by Gasteiger charge is 2.11. The average Bonchev–Trinajstić information content (AvgIpc) is 3.24. The number of hydrogen-bond acceptors (Lipinski definition) is 6. The molecule has 1 aromatic carbocycles. The molecule has 0 unspecified atom stereocenters. The summed E-state index contributed by atoms with van der Waals surface area (Å²) in [6.07, 6.45) is 0. The van der Waals surface area contributed by atoms with Gasteiger partial charge in [-0.3, -0.25) is 4.79 Å². The molecule has 1 amide bonds. The van der Waals surface area contributed by atoms with Crippen molar-refractivity contribution < 1.29 is 9.53 Å². The van der Waals surface area contributed by atoms with E-state index in [1.807, 2.05) is 11.4 Å². The van der Waals surface area contributed by atoms with Crippen LogP contribution in [-0.2, 0) is 6.61 Å². The van der Waals surface area contributed by atoms with Crippen molar-refractivity contribution in [3.8, 4) is 11.8 Å². The Kier molecular flexibility index (Phi) is 4.66. The Labute approximate surface area is 140 Å². The first-order valence-corrected chi connectivity index (χ1v) is 8.47. The van der Waals surface area contributed by atoms with E-state index in [0.29, 0.717) is 28.5 Å². The number of nitrogens with zero attached hydrogens (tertiary/aromatic N) is 2. The normalized spacial score (nSPS) is 10.0. The molecule has 0 aliphatic carbocycles. The maximum absolute atomic E-state index is 12.3. The van der Waals surface area contributed by atoms with Crippen LogP contribution in [0.4, 0.5) is 5.00 Å². The van der Waals surface area contributed by atoms with E-state index in [2.05, 4.69) is 10.3 Å². The molecule has 0 aliphatic heterocycles. The number of benzene rings is 1.